The van der Waals surface area contributed by atoms with Gasteiger partial charge in [-0.25, -0.2) is 9.50 Å². The maximum Gasteiger partial charge on any atom is 0.235 e. The summed E-state index contributed by atoms with van der Waals surface area (Å²) in [6, 6.07) is 5.51. The second-order valence-corrected chi connectivity index (χ2v) is 9.13. The summed E-state index contributed by atoms with van der Waals surface area (Å²) in [6.07, 6.45) is 3.25. The molecule has 0 spiro atoms. The van der Waals surface area contributed by atoms with Crippen molar-refractivity contribution in [2.24, 2.45) is 17.1 Å². The highest BCUT2D eigenvalue weighted by Gasteiger charge is 2.50. The molecule has 0 radical (unpaired) electrons. The van der Waals surface area contributed by atoms with Crippen LogP contribution in [0.25, 0.3) is 16.8 Å². The smallest absolute Gasteiger partial charge is 0.235 e. The summed E-state index contributed by atoms with van der Waals surface area (Å²) in [5, 5.41) is 4.87. The van der Waals surface area contributed by atoms with Crippen LogP contribution in [0.2, 0.25) is 5.02 Å². The van der Waals surface area contributed by atoms with Gasteiger partial charge in [-0.1, -0.05) is 32.4 Å². The van der Waals surface area contributed by atoms with Crippen LogP contribution in [0.1, 0.15) is 31.9 Å². The first-order valence-corrected chi connectivity index (χ1v) is 10.8. The highest BCUT2D eigenvalue weighted by atomic mass is 35.5. The number of carbonyl (C=O) groups is 2. The molecule has 1 atom stereocenters. The molecule has 8 nitrogen and oxygen atoms in total. The van der Waals surface area contributed by atoms with E-state index in [1.807, 2.05) is 32.9 Å². The molecule has 1 aromatic carbocycles. The minimum absolute atomic E-state index is 0.162. The molecule has 32 heavy (non-hydrogen) atoms. The quantitative estimate of drug-likeness (QED) is 0.572. The van der Waals surface area contributed by atoms with Crippen LogP contribution >= 0.6 is 11.6 Å². The molecule has 1 saturated heterocycles. The maximum absolute atomic E-state index is 12.8. The number of carbonyl (C=O) groups excluding carboxylic acids is 2. The van der Waals surface area contributed by atoms with E-state index in [0.29, 0.717) is 35.1 Å². The monoisotopic (exact) mass is 455 g/mol. The average molecular weight is 456 g/mol. The third kappa shape index (κ3) is 3.63. The Morgan fingerprint density at radius 3 is 2.66 bits per heavy atom. The lowest BCUT2D eigenvalue weighted by Crippen LogP contribution is -2.32. The lowest BCUT2D eigenvalue weighted by atomic mass is 9.82. The molecule has 3 heterocycles. The summed E-state index contributed by atoms with van der Waals surface area (Å²) < 4.78 is 7.58. The molecular weight excluding hydrogens is 430 g/mol. The van der Waals surface area contributed by atoms with E-state index in [1.165, 1.54) is 11.2 Å². The molecule has 1 unspecified atom stereocenters. The standard InChI is InChI=1S/C23H26ClN5O3/c1-13-7-16(24)9-17(20(13)32-6-5-25)19-18-8-15(11-29(18)27-12-26-19)10-28-21(30)14(2)23(3,4)22(28)31/h7-9,11-12,14H,5-6,10,25H2,1-4H3. The first kappa shape index (κ1) is 22.2. The van der Waals surface area contributed by atoms with Crippen LogP contribution in [0.15, 0.2) is 30.7 Å². The van der Waals surface area contributed by atoms with Crippen molar-refractivity contribution in [3.63, 3.8) is 0 Å². The Bertz CT molecular complexity index is 1220. The number of fused-ring (bicyclic) bond motifs is 1. The maximum atomic E-state index is 12.8. The second kappa shape index (κ2) is 8.18. The van der Waals surface area contributed by atoms with Gasteiger partial charge in [-0.2, -0.15) is 5.10 Å². The van der Waals surface area contributed by atoms with Crippen molar-refractivity contribution in [1.29, 1.82) is 0 Å². The number of nitrogens with two attached hydrogens (primary N) is 1. The zero-order valence-corrected chi connectivity index (χ0v) is 19.3. The molecule has 3 aromatic rings. The zero-order chi connectivity index (χ0) is 23.2. The van der Waals surface area contributed by atoms with E-state index >= 15 is 0 Å². The first-order chi connectivity index (χ1) is 15.1. The molecule has 0 bridgehead atoms. The van der Waals surface area contributed by atoms with E-state index in [4.69, 9.17) is 22.1 Å². The van der Waals surface area contributed by atoms with Gasteiger partial charge in [0.15, 0.2) is 0 Å². The summed E-state index contributed by atoms with van der Waals surface area (Å²) in [6.45, 7) is 8.24. The van der Waals surface area contributed by atoms with E-state index in [2.05, 4.69) is 10.1 Å². The van der Waals surface area contributed by atoms with E-state index in [1.54, 1.807) is 23.7 Å². The number of aryl methyl sites for hydroxylation is 1. The molecule has 2 N–H and O–H groups in total. The van der Waals surface area contributed by atoms with Crippen molar-refractivity contribution in [2.75, 3.05) is 13.2 Å². The van der Waals surface area contributed by atoms with Crippen LogP contribution in [0.5, 0.6) is 5.75 Å². The van der Waals surface area contributed by atoms with Gasteiger partial charge in [-0.3, -0.25) is 14.5 Å². The Morgan fingerprint density at radius 1 is 1.25 bits per heavy atom. The number of hydrogen-bond donors (Lipinski definition) is 1. The van der Waals surface area contributed by atoms with Gasteiger partial charge >= 0.3 is 0 Å². The molecule has 1 aliphatic heterocycles. The molecule has 4 rings (SSSR count). The highest BCUT2D eigenvalue weighted by molar-refractivity contribution is 6.31. The largest absolute Gasteiger partial charge is 0.491 e. The number of imide groups is 1. The SMILES string of the molecule is Cc1cc(Cl)cc(-c2ncnn3cc(CN4C(=O)C(C)C(C)(C)C4=O)cc23)c1OCCN. The summed E-state index contributed by atoms with van der Waals surface area (Å²) in [7, 11) is 0. The highest BCUT2D eigenvalue weighted by Crippen LogP contribution is 2.39. The predicted molar refractivity (Wildman–Crippen MR) is 121 cm³/mol. The Balaban J connectivity index is 1.76. The number of ether oxygens (including phenoxy) is 1. The summed E-state index contributed by atoms with van der Waals surface area (Å²) in [5.41, 5.74) is 8.64. The number of likely N-dealkylation sites (tertiary alicyclic amines) is 1. The van der Waals surface area contributed by atoms with Crippen molar-refractivity contribution < 1.29 is 14.3 Å². The Morgan fingerprint density at radius 2 is 2.00 bits per heavy atom. The minimum Gasteiger partial charge on any atom is -0.491 e. The topological polar surface area (TPSA) is 103 Å². The fourth-order valence-corrected chi connectivity index (χ4v) is 4.32. The van der Waals surface area contributed by atoms with E-state index in [0.717, 1.165) is 16.7 Å². The van der Waals surface area contributed by atoms with Crippen molar-refractivity contribution in [1.82, 2.24) is 19.5 Å². The van der Waals surface area contributed by atoms with E-state index < -0.39 is 5.41 Å². The van der Waals surface area contributed by atoms with Crippen molar-refractivity contribution in [3.05, 3.63) is 46.9 Å². The molecule has 2 aromatic heterocycles. The van der Waals surface area contributed by atoms with Crippen LogP contribution in [0, 0.1) is 18.3 Å². The lowest BCUT2D eigenvalue weighted by Gasteiger charge is -2.18. The number of benzene rings is 1. The molecule has 168 valence electrons. The third-order valence-corrected chi connectivity index (χ3v) is 6.40. The van der Waals surface area contributed by atoms with Crippen molar-refractivity contribution >= 4 is 28.9 Å². The van der Waals surface area contributed by atoms with Crippen LogP contribution in [-0.2, 0) is 16.1 Å². The number of halogens is 1. The lowest BCUT2D eigenvalue weighted by molar-refractivity contribution is -0.141. The molecule has 0 saturated carbocycles. The summed E-state index contributed by atoms with van der Waals surface area (Å²) in [4.78, 5) is 31.3. The Hall–Kier alpha value is -2.97. The first-order valence-electron chi connectivity index (χ1n) is 10.5. The molecular formula is C23H26ClN5O3. The van der Waals surface area contributed by atoms with Gasteiger partial charge in [-0.05, 0) is 36.2 Å². The summed E-state index contributed by atoms with van der Waals surface area (Å²) in [5.74, 6) is -0.0354. The second-order valence-electron chi connectivity index (χ2n) is 8.70. The van der Waals surface area contributed by atoms with E-state index in [-0.39, 0.29) is 24.3 Å². The Kier molecular flexibility index (Phi) is 5.68. The number of aromatic nitrogens is 3. The number of rotatable bonds is 6. The van der Waals surface area contributed by atoms with Gasteiger partial charge < -0.3 is 10.5 Å². The van der Waals surface area contributed by atoms with Crippen molar-refractivity contribution in [2.45, 2.75) is 34.2 Å². The normalized spacial score (nSPS) is 18.1. The van der Waals surface area contributed by atoms with Gasteiger partial charge in [0, 0.05) is 29.2 Å². The molecule has 1 aliphatic rings. The van der Waals surface area contributed by atoms with Crippen LogP contribution in [0.3, 0.4) is 0 Å². The number of amides is 2. The predicted octanol–water partition coefficient (Wildman–Crippen LogP) is 3.23. The van der Waals surface area contributed by atoms with Crippen LogP contribution in [-0.4, -0.2) is 44.5 Å². The van der Waals surface area contributed by atoms with Crippen LogP contribution in [0.4, 0.5) is 0 Å². The number of nitrogens with zero attached hydrogens (tertiary/aromatic N) is 4. The molecule has 9 heteroatoms. The van der Waals surface area contributed by atoms with Crippen LogP contribution < -0.4 is 10.5 Å². The van der Waals surface area contributed by atoms with Crippen molar-refractivity contribution in [3.8, 4) is 17.0 Å². The van der Waals surface area contributed by atoms with Gasteiger partial charge in [-0.15, -0.1) is 0 Å². The average Bonchev–Trinajstić information content (AvgIpc) is 3.22. The van der Waals surface area contributed by atoms with Gasteiger partial charge in [0.25, 0.3) is 0 Å². The molecule has 2 amide bonds. The van der Waals surface area contributed by atoms with Gasteiger partial charge in [0.2, 0.25) is 11.8 Å². The Labute approximate surface area is 191 Å². The van der Waals surface area contributed by atoms with E-state index in [9.17, 15) is 9.59 Å². The zero-order valence-electron chi connectivity index (χ0n) is 18.6. The third-order valence-electron chi connectivity index (χ3n) is 6.18. The fraction of sp³-hybridized carbons (Fsp3) is 0.391. The fourth-order valence-electron chi connectivity index (χ4n) is 4.04. The van der Waals surface area contributed by atoms with Gasteiger partial charge in [0.1, 0.15) is 24.4 Å². The summed E-state index contributed by atoms with van der Waals surface area (Å²) >= 11 is 6.34. The minimum atomic E-state index is -0.714. The molecule has 0 aliphatic carbocycles. The molecule has 1 fully saturated rings. The van der Waals surface area contributed by atoms with Gasteiger partial charge in [0.05, 0.1) is 17.5 Å². The number of hydrogen-bond acceptors (Lipinski definition) is 6.